The third kappa shape index (κ3) is 6.34. The summed E-state index contributed by atoms with van der Waals surface area (Å²) in [5, 5.41) is 0.365. The molecule has 0 radical (unpaired) electrons. The molecule has 0 aromatic heterocycles. The van der Waals surface area contributed by atoms with Crippen molar-refractivity contribution in [1.82, 2.24) is 4.90 Å². The SMILES string of the molecule is CCOC(=O)COc1c(I)cc(/C=C2\SC(=O)N(Cc3ccc(Cl)c(Cl)c3)C2=O)cc1OC. The van der Waals surface area contributed by atoms with Crippen molar-refractivity contribution in [2.24, 2.45) is 0 Å². The smallest absolute Gasteiger partial charge is 0.344 e. The molecule has 0 saturated carbocycles. The van der Waals surface area contributed by atoms with E-state index in [1.165, 1.54) is 7.11 Å². The summed E-state index contributed by atoms with van der Waals surface area (Å²) in [5.74, 6) is -0.133. The maximum absolute atomic E-state index is 12.9. The van der Waals surface area contributed by atoms with Crippen molar-refractivity contribution in [1.29, 1.82) is 0 Å². The molecule has 3 rings (SSSR count). The Morgan fingerprint density at radius 3 is 2.61 bits per heavy atom. The highest BCUT2D eigenvalue weighted by Gasteiger charge is 2.35. The van der Waals surface area contributed by atoms with E-state index in [-0.39, 0.29) is 29.9 Å². The van der Waals surface area contributed by atoms with Gasteiger partial charge >= 0.3 is 5.97 Å². The highest BCUT2D eigenvalue weighted by Crippen LogP contribution is 2.38. The van der Waals surface area contributed by atoms with Gasteiger partial charge in [-0.05, 0) is 82.7 Å². The highest BCUT2D eigenvalue weighted by molar-refractivity contribution is 14.1. The number of imide groups is 1. The van der Waals surface area contributed by atoms with Crippen LogP contribution in [0.3, 0.4) is 0 Å². The summed E-state index contributed by atoms with van der Waals surface area (Å²) in [4.78, 5) is 38.4. The Kier molecular flexibility index (Phi) is 8.91. The van der Waals surface area contributed by atoms with Crippen LogP contribution in [0, 0.1) is 3.57 Å². The molecule has 174 valence electrons. The predicted molar refractivity (Wildman–Crippen MR) is 136 cm³/mol. The average Bonchev–Trinajstić information content (AvgIpc) is 3.02. The molecule has 0 bridgehead atoms. The van der Waals surface area contributed by atoms with E-state index in [9.17, 15) is 14.4 Å². The molecule has 2 aromatic carbocycles. The Balaban J connectivity index is 1.80. The molecule has 0 spiro atoms. The number of hydrogen-bond donors (Lipinski definition) is 0. The number of esters is 1. The molecule has 33 heavy (non-hydrogen) atoms. The van der Waals surface area contributed by atoms with Crippen LogP contribution in [0.1, 0.15) is 18.1 Å². The summed E-state index contributed by atoms with van der Waals surface area (Å²) in [6.07, 6.45) is 1.61. The Morgan fingerprint density at radius 2 is 1.94 bits per heavy atom. The molecular formula is C22H18Cl2INO6S. The van der Waals surface area contributed by atoms with Crippen LogP contribution >= 0.6 is 57.6 Å². The predicted octanol–water partition coefficient (Wildman–Crippen LogP) is 5.79. The van der Waals surface area contributed by atoms with Crippen LogP contribution in [-0.4, -0.2) is 42.3 Å². The summed E-state index contributed by atoms with van der Waals surface area (Å²) in [6, 6.07) is 8.38. The fourth-order valence-corrected chi connectivity index (χ4v) is 4.85. The fourth-order valence-electron chi connectivity index (χ4n) is 2.91. The van der Waals surface area contributed by atoms with Gasteiger partial charge in [0.1, 0.15) is 0 Å². The first-order valence-corrected chi connectivity index (χ1v) is 12.2. The third-order valence-electron chi connectivity index (χ3n) is 4.39. The number of carbonyl (C=O) groups excluding carboxylic acids is 3. The van der Waals surface area contributed by atoms with Gasteiger partial charge in [-0.2, -0.15) is 0 Å². The summed E-state index contributed by atoms with van der Waals surface area (Å²) < 4.78 is 16.5. The van der Waals surface area contributed by atoms with Crippen LogP contribution in [0.4, 0.5) is 4.79 Å². The first kappa shape index (κ1) is 25.7. The van der Waals surface area contributed by atoms with E-state index in [1.54, 1.807) is 43.3 Å². The van der Waals surface area contributed by atoms with Gasteiger partial charge < -0.3 is 14.2 Å². The number of thioether (sulfide) groups is 1. The van der Waals surface area contributed by atoms with Crippen LogP contribution in [-0.2, 0) is 20.9 Å². The number of amides is 2. The molecule has 2 aromatic rings. The van der Waals surface area contributed by atoms with Crippen molar-refractivity contribution < 1.29 is 28.6 Å². The van der Waals surface area contributed by atoms with E-state index in [0.29, 0.717) is 36.2 Å². The van der Waals surface area contributed by atoms with E-state index >= 15 is 0 Å². The van der Waals surface area contributed by atoms with Crippen molar-refractivity contribution in [3.63, 3.8) is 0 Å². The summed E-state index contributed by atoms with van der Waals surface area (Å²) in [5.41, 5.74) is 1.33. The average molecular weight is 622 g/mol. The maximum Gasteiger partial charge on any atom is 0.344 e. The van der Waals surface area contributed by atoms with Gasteiger partial charge in [0.25, 0.3) is 11.1 Å². The van der Waals surface area contributed by atoms with Crippen molar-refractivity contribution in [3.8, 4) is 11.5 Å². The molecule has 1 aliphatic heterocycles. The topological polar surface area (TPSA) is 82.1 Å². The first-order chi connectivity index (χ1) is 15.7. The monoisotopic (exact) mass is 621 g/mol. The van der Waals surface area contributed by atoms with Crippen LogP contribution in [0.5, 0.6) is 11.5 Å². The zero-order valence-electron chi connectivity index (χ0n) is 17.5. The Bertz CT molecular complexity index is 1140. The van der Waals surface area contributed by atoms with E-state index in [1.807, 2.05) is 22.6 Å². The standard InChI is InChI=1S/C22H18Cl2INO6S/c1-3-31-19(27)11-32-20-16(25)7-13(8-17(20)30-2)9-18-21(28)26(22(29)33-18)10-12-4-5-14(23)15(24)6-12/h4-9H,3,10-11H2,1-2H3/b18-9-. The zero-order valence-corrected chi connectivity index (χ0v) is 22.0. The van der Waals surface area contributed by atoms with Gasteiger partial charge in [-0.25, -0.2) is 4.79 Å². The molecule has 2 amide bonds. The van der Waals surface area contributed by atoms with E-state index in [0.717, 1.165) is 16.7 Å². The van der Waals surface area contributed by atoms with Gasteiger partial charge in [0.15, 0.2) is 18.1 Å². The molecular weight excluding hydrogens is 604 g/mol. The normalized spacial score (nSPS) is 14.7. The van der Waals surface area contributed by atoms with Crippen molar-refractivity contribution >= 4 is 80.7 Å². The third-order valence-corrected chi connectivity index (χ3v) is 6.84. The van der Waals surface area contributed by atoms with Gasteiger partial charge in [-0.1, -0.05) is 29.3 Å². The summed E-state index contributed by atoms with van der Waals surface area (Å²) >= 11 is 14.9. The highest BCUT2D eigenvalue weighted by atomic mass is 127. The minimum atomic E-state index is -0.491. The van der Waals surface area contributed by atoms with Crippen molar-refractivity contribution in [2.45, 2.75) is 13.5 Å². The number of methoxy groups -OCH3 is 1. The first-order valence-electron chi connectivity index (χ1n) is 9.58. The Labute approximate surface area is 218 Å². The molecule has 1 fully saturated rings. The van der Waals surface area contributed by atoms with Crippen LogP contribution in [0.25, 0.3) is 6.08 Å². The zero-order chi connectivity index (χ0) is 24.1. The van der Waals surface area contributed by atoms with E-state index < -0.39 is 11.9 Å². The number of rotatable bonds is 8. The number of benzene rings is 2. The Hall–Kier alpha value is -1.95. The molecule has 1 aliphatic rings. The summed E-state index contributed by atoms with van der Waals surface area (Å²) in [7, 11) is 1.47. The fraction of sp³-hybridized carbons (Fsp3) is 0.227. The molecule has 0 unspecified atom stereocenters. The molecule has 1 saturated heterocycles. The number of nitrogens with zero attached hydrogens (tertiary/aromatic N) is 1. The summed E-state index contributed by atoms with van der Waals surface area (Å²) in [6.45, 7) is 1.80. The minimum Gasteiger partial charge on any atom is -0.493 e. The van der Waals surface area contributed by atoms with E-state index in [4.69, 9.17) is 37.4 Å². The second-order valence-corrected chi connectivity index (χ2v) is 9.61. The number of ether oxygens (including phenoxy) is 3. The quantitative estimate of drug-likeness (QED) is 0.210. The molecule has 0 N–H and O–H groups in total. The van der Waals surface area contributed by atoms with E-state index in [2.05, 4.69) is 0 Å². The van der Waals surface area contributed by atoms with Crippen LogP contribution in [0.2, 0.25) is 10.0 Å². The number of carbonyl (C=O) groups is 3. The van der Waals surface area contributed by atoms with Crippen molar-refractivity contribution in [3.05, 3.63) is 60.0 Å². The minimum absolute atomic E-state index is 0.0837. The Morgan fingerprint density at radius 1 is 1.18 bits per heavy atom. The van der Waals surface area contributed by atoms with Gasteiger partial charge in [-0.3, -0.25) is 14.5 Å². The van der Waals surface area contributed by atoms with Gasteiger partial charge in [-0.15, -0.1) is 0 Å². The number of halogens is 3. The molecule has 1 heterocycles. The lowest BCUT2D eigenvalue weighted by Gasteiger charge is -2.14. The number of hydrogen-bond acceptors (Lipinski definition) is 7. The molecule has 0 atom stereocenters. The maximum atomic E-state index is 12.9. The van der Waals surface area contributed by atoms with Gasteiger partial charge in [0.05, 0.1) is 38.8 Å². The lowest BCUT2D eigenvalue weighted by molar-refractivity contribution is -0.145. The van der Waals surface area contributed by atoms with Crippen LogP contribution < -0.4 is 9.47 Å². The van der Waals surface area contributed by atoms with Crippen LogP contribution in [0.15, 0.2) is 35.2 Å². The molecule has 11 heteroatoms. The molecule has 0 aliphatic carbocycles. The largest absolute Gasteiger partial charge is 0.493 e. The second-order valence-electron chi connectivity index (χ2n) is 6.64. The van der Waals surface area contributed by atoms with Gasteiger partial charge in [0.2, 0.25) is 0 Å². The molecule has 7 nitrogen and oxygen atoms in total. The second kappa shape index (κ2) is 11.5. The van der Waals surface area contributed by atoms with Gasteiger partial charge in [0, 0.05) is 0 Å². The van der Waals surface area contributed by atoms with Crippen molar-refractivity contribution in [2.75, 3.05) is 20.3 Å². The lowest BCUT2D eigenvalue weighted by Crippen LogP contribution is -2.27. The lowest BCUT2D eigenvalue weighted by atomic mass is 10.1.